The molecule has 1 aromatic carbocycles. The number of aromatic nitrogens is 3. The Morgan fingerprint density at radius 3 is 2.77 bits per heavy atom. The molecule has 0 saturated heterocycles. The van der Waals surface area contributed by atoms with E-state index in [1.54, 1.807) is 11.0 Å². The lowest BCUT2D eigenvalue weighted by molar-refractivity contribution is 0.576. The minimum absolute atomic E-state index is 0.496. The molecule has 2 rings (SSSR count). The van der Waals surface area contributed by atoms with Gasteiger partial charge < -0.3 is 11.1 Å². The fourth-order valence-corrected chi connectivity index (χ4v) is 2.07. The standard InChI is InChI=1S/C16H24N6/c1-13(2)7-8-19-16(17)20-9-14-5-3-4-6-15(14)10-22-12-18-11-21-22/h3-6,11-13H,7-10H2,1-2H3,(H3,17,19,20). The van der Waals surface area contributed by atoms with E-state index < -0.39 is 0 Å². The highest BCUT2D eigenvalue weighted by atomic mass is 15.3. The third-order valence-corrected chi connectivity index (χ3v) is 3.36. The lowest BCUT2D eigenvalue weighted by Gasteiger charge is -2.09. The van der Waals surface area contributed by atoms with Crippen molar-refractivity contribution in [3.63, 3.8) is 0 Å². The van der Waals surface area contributed by atoms with E-state index in [9.17, 15) is 0 Å². The van der Waals surface area contributed by atoms with Crippen LogP contribution in [-0.2, 0) is 13.1 Å². The second-order valence-electron chi connectivity index (χ2n) is 5.67. The smallest absolute Gasteiger partial charge is 0.188 e. The fourth-order valence-electron chi connectivity index (χ4n) is 2.07. The Kier molecular flexibility index (Phi) is 5.94. The topological polar surface area (TPSA) is 81.1 Å². The van der Waals surface area contributed by atoms with Crippen molar-refractivity contribution in [3.8, 4) is 0 Å². The first-order chi connectivity index (χ1) is 10.6. The Morgan fingerprint density at radius 2 is 2.09 bits per heavy atom. The van der Waals surface area contributed by atoms with Crippen LogP contribution in [-0.4, -0.2) is 27.3 Å². The van der Waals surface area contributed by atoms with E-state index in [4.69, 9.17) is 5.73 Å². The van der Waals surface area contributed by atoms with E-state index in [2.05, 4.69) is 46.4 Å². The number of rotatable bonds is 7. The average Bonchev–Trinajstić information content (AvgIpc) is 2.99. The number of nitrogens with two attached hydrogens (primary N) is 1. The monoisotopic (exact) mass is 300 g/mol. The molecule has 0 bridgehead atoms. The molecule has 6 nitrogen and oxygen atoms in total. The van der Waals surface area contributed by atoms with Crippen LogP contribution in [0.3, 0.4) is 0 Å². The van der Waals surface area contributed by atoms with E-state index in [1.165, 1.54) is 11.9 Å². The summed E-state index contributed by atoms with van der Waals surface area (Å²) < 4.78 is 1.80. The van der Waals surface area contributed by atoms with Gasteiger partial charge in [-0.1, -0.05) is 38.1 Å². The molecule has 6 heteroatoms. The summed E-state index contributed by atoms with van der Waals surface area (Å²) in [6.45, 7) is 6.48. The molecule has 1 heterocycles. The lowest BCUT2D eigenvalue weighted by atomic mass is 10.1. The fraction of sp³-hybridized carbons (Fsp3) is 0.438. The van der Waals surface area contributed by atoms with Crippen LogP contribution >= 0.6 is 0 Å². The molecule has 1 aromatic heterocycles. The second kappa shape index (κ2) is 8.17. The number of nitrogens with one attached hydrogen (secondary N) is 1. The molecular weight excluding hydrogens is 276 g/mol. The number of guanidine groups is 1. The van der Waals surface area contributed by atoms with Gasteiger partial charge in [0.2, 0.25) is 0 Å². The first-order valence-corrected chi connectivity index (χ1v) is 7.58. The summed E-state index contributed by atoms with van der Waals surface area (Å²) in [4.78, 5) is 8.38. The van der Waals surface area contributed by atoms with Crippen molar-refractivity contribution >= 4 is 5.96 Å². The molecule has 0 amide bonds. The summed E-state index contributed by atoms with van der Waals surface area (Å²) in [6.07, 6.45) is 4.33. The van der Waals surface area contributed by atoms with E-state index in [1.807, 2.05) is 12.1 Å². The largest absolute Gasteiger partial charge is 0.370 e. The Labute approximate surface area is 131 Å². The highest BCUT2D eigenvalue weighted by Gasteiger charge is 2.03. The van der Waals surface area contributed by atoms with Crippen LogP contribution in [0.15, 0.2) is 41.9 Å². The highest BCUT2D eigenvalue weighted by Crippen LogP contribution is 2.11. The molecule has 22 heavy (non-hydrogen) atoms. The van der Waals surface area contributed by atoms with Gasteiger partial charge in [0.25, 0.3) is 0 Å². The SMILES string of the molecule is CC(C)CCNC(N)=NCc1ccccc1Cn1cncn1. The Morgan fingerprint density at radius 1 is 1.32 bits per heavy atom. The lowest BCUT2D eigenvalue weighted by Crippen LogP contribution is -2.32. The molecule has 0 fully saturated rings. The van der Waals surface area contributed by atoms with Crippen molar-refractivity contribution in [1.82, 2.24) is 20.1 Å². The second-order valence-corrected chi connectivity index (χ2v) is 5.67. The van der Waals surface area contributed by atoms with Gasteiger partial charge in [-0.05, 0) is 23.5 Å². The number of benzene rings is 1. The first kappa shape index (κ1) is 16.0. The third kappa shape index (κ3) is 5.20. The van der Waals surface area contributed by atoms with Gasteiger partial charge in [0, 0.05) is 6.54 Å². The van der Waals surface area contributed by atoms with E-state index >= 15 is 0 Å². The van der Waals surface area contributed by atoms with Crippen LogP contribution in [0.4, 0.5) is 0 Å². The molecule has 0 aliphatic carbocycles. The summed E-state index contributed by atoms with van der Waals surface area (Å²) >= 11 is 0. The van der Waals surface area contributed by atoms with Crippen molar-refractivity contribution in [2.24, 2.45) is 16.6 Å². The zero-order valence-electron chi connectivity index (χ0n) is 13.2. The molecule has 0 atom stereocenters. The summed E-state index contributed by atoms with van der Waals surface area (Å²) in [7, 11) is 0. The third-order valence-electron chi connectivity index (χ3n) is 3.36. The molecular formula is C16H24N6. The predicted octanol–water partition coefficient (Wildman–Crippen LogP) is 1.78. The molecule has 118 valence electrons. The summed E-state index contributed by atoms with van der Waals surface area (Å²) in [6, 6.07) is 8.17. The van der Waals surface area contributed by atoms with Crippen LogP contribution in [0.25, 0.3) is 0 Å². The van der Waals surface area contributed by atoms with Crippen molar-refractivity contribution in [2.75, 3.05) is 6.54 Å². The number of aliphatic imine (C=N–C) groups is 1. The normalized spacial score (nSPS) is 11.9. The van der Waals surface area contributed by atoms with Crippen molar-refractivity contribution < 1.29 is 0 Å². The first-order valence-electron chi connectivity index (χ1n) is 7.58. The van der Waals surface area contributed by atoms with Gasteiger partial charge in [-0.15, -0.1) is 0 Å². The van der Waals surface area contributed by atoms with E-state index in [0.717, 1.165) is 18.5 Å². The summed E-state index contributed by atoms with van der Waals surface area (Å²) in [5, 5.41) is 7.29. The molecule has 0 spiro atoms. The Balaban J connectivity index is 1.94. The molecule has 2 aromatic rings. The number of nitrogens with zero attached hydrogens (tertiary/aromatic N) is 4. The molecule has 0 radical (unpaired) electrons. The molecule has 3 N–H and O–H groups in total. The molecule has 0 saturated carbocycles. The van der Waals surface area contributed by atoms with Gasteiger partial charge >= 0.3 is 0 Å². The Bertz CT molecular complexity index is 588. The van der Waals surface area contributed by atoms with Crippen molar-refractivity contribution in [1.29, 1.82) is 0 Å². The Hall–Kier alpha value is -2.37. The minimum Gasteiger partial charge on any atom is -0.370 e. The maximum absolute atomic E-state index is 5.91. The van der Waals surface area contributed by atoms with Crippen molar-refractivity contribution in [3.05, 3.63) is 48.0 Å². The van der Waals surface area contributed by atoms with Gasteiger partial charge in [-0.2, -0.15) is 5.10 Å². The van der Waals surface area contributed by atoms with Gasteiger partial charge in [0.05, 0.1) is 13.1 Å². The van der Waals surface area contributed by atoms with Crippen molar-refractivity contribution in [2.45, 2.75) is 33.4 Å². The predicted molar refractivity (Wildman–Crippen MR) is 88.4 cm³/mol. The van der Waals surface area contributed by atoms with Gasteiger partial charge in [0.15, 0.2) is 5.96 Å². The number of hydrogen-bond donors (Lipinski definition) is 2. The minimum atomic E-state index is 0.496. The maximum Gasteiger partial charge on any atom is 0.188 e. The van der Waals surface area contributed by atoms with Crippen LogP contribution in [0.5, 0.6) is 0 Å². The molecule has 0 unspecified atom stereocenters. The zero-order valence-corrected chi connectivity index (χ0v) is 13.2. The van der Waals surface area contributed by atoms with Crippen LogP contribution < -0.4 is 11.1 Å². The summed E-state index contributed by atoms with van der Waals surface area (Å²) in [5.74, 6) is 1.15. The molecule has 0 aliphatic rings. The van der Waals surface area contributed by atoms with Crippen LogP contribution in [0, 0.1) is 5.92 Å². The maximum atomic E-state index is 5.91. The summed E-state index contributed by atoms with van der Waals surface area (Å²) in [5.41, 5.74) is 8.22. The van der Waals surface area contributed by atoms with Gasteiger partial charge in [0.1, 0.15) is 12.7 Å². The van der Waals surface area contributed by atoms with E-state index in [0.29, 0.717) is 25.0 Å². The van der Waals surface area contributed by atoms with Crippen LogP contribution in [0.2, 0.25) is 0 Å². The average molecular weight is 300 g/mol. The van der Waals surface area contributed by atoms with Gasteiger partial charge in [-0.3, -0.25) is 0 Å². The van der Waals surface area contributed by atoms with Gasteiger partial charge in [-0.25, -0.2) is 14.7 Å². The van der Waals surface area contributed by atoms with Crippen LogP contribution in [0.1, 0.15) is 31.4 Å². The molecule has 0 aliphatic heterocycles. The zero-order chi connectivity index (χ0) is 15.8. The van der Waals surface area contributed by atoms with E-state index in [-0.39, 0.29) is 0 Å². The highest BCUT2D eigenvalue weighted by molar-refractivity contribution is 5.77. The quantitative estimate of drug-likeness (QED) is 0.603. The number of hydrogen-bond acceptors (Lipinski definition) is 3.